The van der Waals surface area contributed by atoms with E-state index in [1.54, 1.807) is 0 Å². The molecule has 1 fully saturated rings. The number of pyridine rings is 1. The van der Waals surface area contributed by atoms with Crippen molar-refractivity contribution < 1.29 is 0 Å². The minimum atomic E-state index is -0.0706. The molecule has 0 aliphatic carbocycles. The van der Waals surface area contributed by atoms with Gasteiger partial charge in [-0.3, -0.25) is 4.98 Å². The average molecular weight is 487 g/mol. The van der Waals surface area contributed by atoms with Gasteiger partial charge in [0.2, 0.25) is 0 Å². The summed E-state index contributed by atoms with van der Waals surface area (Å²) in [5, 5.41) is 5.01. The molecule has 172 valence electrons. The highest BCUT2D eigenvalue weighted by Crippen LogP contribution is 2.43. The summed E-state index contributed by atoms with van der Waals surface area (Å²) in [4.78, 5) is 6.92. The van der Waals surface area contributed by atoms with E-state index < -0.39 is 0 Å². The lowest BCUT2D eigenvalue weighted by molar-refractivity contribution is 0.565. The second kappa shape index (κ2) is 9.24. The van der Waals surface area contributed by atoms with Crippen LogP contribution >= 0.6 is 23.8 Å². The number of benzene rings is 2. The first-order valence-corrected chi connectivity index (χ1v) is 12.3. The van der Waals surface area contributed by atoms with Crippen molar-refractivity contribution >= 4 is 34.6 Å². The smallest absolute Gasteiger partial charge is 0.174 e. The fourth-order valence-electron chi connectivity index (χ4n) is 4.92. The maximum Gasteiger partial charge on any atom is 0.174 e. The molecule has 0 radical (unpaired) electrons. The molecule has 2 aromatic heterocycles. The summed E-state index contributed by atoms with van der Waals surface area (Å²) in [7, 11) is 0. The number of nitrogens with one attached hydrogen (secondary N) is 1. The predicted molar refractivity (Wildman–Crippen MR) is 144 cm³/mol. The molecule has 0 bridgehead atoms. The normalized spacial score (nSPS) is 17.8. The van der Waals surface area contributed by atoms with Crippen molar-refractivity contribution in [3.8, 4) is 5.69 Å². The summed E-state index contributed by atoms with van der Waals surface area (Å²) in [5.41, 5.74) is 8.00. The van der Waals surface area contributed by atoms with E-state index in [2.05, 4.69) is 89.1 Å². The molecular formula is C28H27ClN4S. The molecule has 1 aliphatic heterocycles. The molecule has 1 aliphatic rings. The number of hydrogen-bond acceptors (Lipinski definition) is 2. The predicted octanol–water partition coefficient (Wildman–Crippen LogP) is 6.88. The molecule has 3 heterocycles. The van der Waals surface area contributed by atoms with Gasteiger partial charge in [-0.05, 0) is 98.2 Å². The number of rotatable bonds is 5. The number of aromatic nitrogens is 2. The molecule has 0 saturated carbocycles. The molecular weight excluding hydrogens is 460 g/mol. The van der Waals surface area contributed by atoms with E-state index in [1.807, 2.05) is 30.5 Å². The maximum absolute atomic E-state index is 6.15. The summed E-state index contributed by atoms with van der Waals surface area (Å²) in [6.45, 7) is 6.48. The third-order valence-corrected chi connectivity index (χ3v) is 7.16. The lowest BCUT2D eigenvalue weighted by atomic mass is 9.96. The number of anilines is 1. The van der Waals surface area contributed by atoms with Crippen molar-refractivity contribution in [2.24, 2.45) is 0 Å². The largest absolute Gasteiger partial charge is 0.351 e. The van der Waals surface area contributed by atoms with Crippen LogP contribution in [0.25, 0.3) is 5.69 Å². The van der Waals surface area contributed by atoms with Gasteiger partial charge in [-0.1, -0.05) is 36.7 Å². The third-order valence-electron chi connectivity index (χ3n) is 6.59. The molecule has 2 atom stereocenters. The first kappa shape index (κ1) is 22.6. The Hall–Kier alpha value is -3.15. The Labute approximate surface area is 211 Å². The maximum atomic E-state index is 6.15. The van der Waals surface area contributed by atoms with Crippen molar-refractivity contribution in [3.63, 3.8) is 0 Å². The SMILES string of the molecule is CCc1ccc(N2C(=S)N[C@@H](c3ccccn3)[C@@H]2c2cc(C)n(-c3ccc(Cl)cc3)c2C)cc1. The van der Waals surface area contributed by atoms with Gasteiger partial charge in [0, 0.05) is 34.0 Å². The van der Waals surface area contributed by atoms with Gasteiger partial charge in [-0.2, -0.15) is 0 Å². The van der Waals surface area contributed by atoms with Gasteiger partial charge in [0.25, 0.3) is 0 Å². The Bertz CT molecular complexity index is 1310. The van der Waals surface area contributed by atoms with Crippen LogP contribution < -0.4 is 10.2 Å². The summed E-state index contributed by atoms with van der Waals surface area (Å²) < 4.78 is 2.28. The fraction of sp³-hybridized carbons (Fsp3) is 0.214. The molecule has 4 aromatic rings. The Morgan fingerprint density at radius 3 is 2.32 bits per heavy atom. The summed E-state index contributed by atoms with van der Waals surface area (Å²) in [6.07, 6.45) is 2.85. The molecule has 1 saturated heterocycles. The standard InChI is InChI=1S/C28H27ClN4S/c1-4-20-8-12-23(13-9-20)33-27(26(31-28(33)34)25-7-5-6-16-30-25)24-17-18(2)32(19(24)3)22-14-10-21(29)11-15-22/h5-17,26-27H,4H2,1-3H3,(H,31,34)/t26-,27-/m0/s1. The van der Waals surface area contributed by atoms with E-state index in [1.165, 1.54) is 16.8 Å². The van der Waals surface area contributed by atoms with Crippen LogP contribution in [0.5, 0.6) is 0 Å². The highest BCUT2D eigenvalue weighted by molar-refractivity contribution is 7.80. The lowest BCUT2D eigenvalue weighted by Crippen LogP contribution is -2.29. The molecule has 0 amide bonds. The van der Waals surface area contributed by atoms with Crippen molar-refractivity contribution in [1.82, 2.24) is 14.9 Å². The molecule has 0 spiro atoms. The minimum absolute atomic E-state index is 0.0397. The van der Waals surface area contributed by atoms with Crippen molar-refractivity contribution in [2.75, 3.05) is 4.90 Å². The van der Waals surface area contributed by atoms with Crippen molar-refractivity contribution in [1.29, 1.82) is 0 Å². The molecule has 5 rings (SSSR count). The summed E-state index contributed by atoms with van der Waals surface area (Å²) in [6, 6.07) is 24.9. The summed E-state index contributed by atoms with van der Waals surface area (Å²) in [5.74, 6) is 0. The van der Waals surface area contributed by atoms with Crippen LogP contribution in [0.15, 0.2) is 79.0 Å². The topological polar surface area (TPSA) is 33.1 Å². The second-order valence-corrected chi connectivity index (χ2v) is 9.48. The zero-order valence-corrected chi connectivity index (χ0v) is 21.1. The van der Waals surface area contributed by atoms with Gasteiger partial charge in [0.1, 0.15) is 0 Å². The molecule has 4 nitrogen and oxygen atoms in total. The number of halogens is 1. The van der Waals surface area contributed by atoms with E-state index in [0.29, 0.717) is 5.11 Å². The van der Waals surface area contributed by atoms with Crippen LogP contribution in [0.4, 0.5) is 5.69 Å². The van der Waals surface area contributed by atoms with Crippen LogP contribution in [-0.4, -0.2) is 14.7 Å². The van der Waals surface area contributed by atoms with Crippen LogP contribution in [0, 0.1) is 13.8 Å². The molecule has 2 aromatic carbocycles. The highest BCUT2D eigenvalue weighted by atomic mass is 35.5. The van der Waals surface area contributed by atoms with Crippen LogP contribution in [0.3, 0.4) is 0 Å². The van der Waals surface area contributed by atoms with Crippen molar-refractivity contribution in [2.45, 2.75) is 39.3 Å². The Balaban J connectivity index is 1.66. The van der Waals surface area contributed by atoms with E-state index in [9.17, 15) is 0 Å². The Morgan fingerprint density at radius 1 is 0.971 bits per heavy atom. The first-order valence-electron chi connectivity index (χ1n) is 11.5. The van der Waals surface area contributed by atoms with E-state index >= 15 is 0 Å². The van der Waals surface area contributed by atoms with Crippen LogP contribution in [-0.2, 0) is 6.42 Å². The van der Waals surface area contributed by atoms with Crippen molar-refractivity contribution in [3.05, 3.63) is 112 Å². The number of aryl methyl sites for hydroxylation is 2. The summed E-state index contributed by atoms with van der Waals surface area (Å²) >= 11 is 12.0. The van der Waals surface area contributed by atoms with Gasteiger partial charge >= 0.3 is 0 Å². The van der Waals surface area contributed by atoms with Gasteiger partial charge in [-0.25, -0.2) is 0 Å². The second-order valence-electron chi connectivity index (χ2n) is 8.65. The van der Waals surface area contributed by atoms with E-state index in [0.717, 1.165) is 34.2 Å². The van der Waals surface area contributed by atoms with E-state index in [4.69, 9.17) is 23.8 Å². The highest BCUT2D eigenvalue weighted by Gasteiger charge is 2.42. The van der Waals surface area contributed by atoms with E-state index in [-0.39, 0.29) is 12.1 Å². The Morgan fingerprint density at radius 2 is 1.68 bits per heavy atom. The number of thiocarbonyl (C=S) groups is 1. The quantitative estimate of drug-likeness (QED) is 0.311. The monoisotopic (exact) mass is 486 g/mol. The molecule has 6 heteroatoms. The Kier molecular flexibility index (Phi) is 6.15. The molecule has 0 unspecified atom stereocenters. The fourth-order valence-corrected chi connectivity index (χ4v) is 5.39. The zero-order valence-electron chi connectivity index (χ0n) is 19.5. The molecule has 1 N–H and O–H groups in total. The van der Waals surface area contributed by atoms with Gasteiger partial charge in [0.15, 0.2) is 5.11 Å². The lowest BCUT2D eigenvalue weighted by Gasteiger charge is -2.28. The molecule has 34 heavy (non-hydrogen) atoms. The minimum Gasteiger partial charge on any atom is -0.351 e. The van der Waals surface area contributed by atoms with Gasteiger partial charge in [0.05, 0.1) is 17.8 Å². The van der Waals surface area contributed by atoms with Crippen LogP contribution in [0.2, 0.25) is 5.02 Å². The number of hydrogen-bond donors (Lipinski definition) is 1. The zero-order chi connectivity index (χ0) is 23.8. The van der Waals surface area contributed by atoms with Gasteiger partial charge in [-0.15, -0.1) is 0 Å². The average Bonchev–Trinajstić information content (AvgIpc) is 3.35. The van der Waals surface area contributed by atoms with Gasteiger partial charge < -0.3 is 14.8 Å². The number of nitrogens with zero attached hydrogens (tertiary/aromatic N) is 3. The van der Waals surface area contributed by atoms with Crippen LogP contribution in [0.1, 0.15) is 47.2 Å². The third kappa shape index (κ3) is 3.99. The first-order chi connectivity index (χ1) is 16.5.